The summed E-state index contributed by atoms with van der Waals surface area (Å²) in [4.78, 5) is 16.0. The molecular formula is C22H23ClN6O2S. The van der Waals surface area contributed by atoms with E-state index in [4.69, 9.17) is 32.0 Å². The molecular weight excluding hydrogens is 448 g/mol. The third-order valence-electron chi connectivity index (χ3n) is 5.76. The molecule has 0 unspecified atom stereocenters. The monoisotopic (exact) mass is 470 g/mol. The number of hydrogen-bond donors (Lipinski definition) is 2. The molecule has 10 heteroatoms. The van der Waals surface area contributed by atoms with Crippen LogP contribution < -0.4 is 20.1 Å². The topological polar surface area (TPSA) is 107 Å². The zero-order chi connectivity index (χ0) is 22.4. The molecule has 0 aliphatic carbocycles. The molecule has 1 aromatic carbocycles. The van der Waals surface area contributed by atoms with Gasteiger partial charge in [0.05, 0.1) is 22.9 Å². The lowest BCUT2D eigenvalue weighted by molar-refractivity contribution is -0.577. The smallest absolute Gasteiger partial charge is 0.228 e. The van der Waals surface area contributed by atoms with Gasteiger partial charge in [0.2, 0.25) is 5.52 Å². The van der Waals surface area contributed by atoms with Crippen molar-refractivity contribution < 1.29 is 9.47 Å². The molecule has 4 heterocycles. The van der Waals surface area contributed by atoms with Gasteiger partial charge in [-0.05, 0) is 36.7 Å². The Bertz CT molecular complexity index is 1330. The first-order valence-corrected chi connectivity index (χ1v) is 11.6. The number of fused-ring (bicyclic) bond motifs is 2. The first-order chi connectivity index (χ1) is 15.5. The Balaban J connectivity index is 1.59. The molecule has 1 aliphatic rings. The van der Waals surface area contributed by atoms with E-state index >= 15 is 0 Å². The number of hydrogen-bond acceptors (Lipinski definition) is 7. The summed E-state index contributed by atoms with van der Waals surface area (Å²) < 4.78 is 6.21. The molecule has 3 N–H and O–H groups in total. The predicted molar refractivity (Wildman–Crippen MR) is 127 cm³/mol. The van der Waals surface area contributed by atoms with E-state index in [0.29, 0.717) is 27.1 Å². The summed E-state index contributed by atoms with van der Waals surface area (Å²) in [5, 5.41) is 15.2. The number of rotatable bonds is 5. The number of methoxy groups -OCH3 is 1. The number of nitrogens with one attached hydrogen (secondary N) is 1. The zero-order valence-electron chi connectivity index (χ0n) is 17.8. The van der Waals surface area contributed by atoms with Crippen LogP contribution in [-0.4, -0.2) is 41.2 Å². The van der Waals surface area contributed by atoms with E-state index in [0.717, 1.165) is 57.8 Å². The molecule has 3 aromatic heterocycles. The van der Waals surface area contributed by atoms with Crippen LogP contribution >= 0.6 is 23.4 Å². The first-order valence-electron chi connectivity index (χ1n) is 10.4. The van der Waals surface area contributed by atoms with Gasteiger partial charge in [-0.15, -0.1) is 0 Å². The molecule has 5 rings (SSSR count). The summed E-state index contributed by atoms with van der Waals surface area (Å²) >= 11 is 8.08. The standard InChI is InChI=1S/C22H23ClN6O2S/c1-3-15-19(23)18-20(25-15)26-22(27-21(18)28-8-6-12(24)11-28)32-13-4-5-14-16(10-13)29(30)9-7-17(14)31-2/h4-5,7,9-10,12H,3,6,8,11,24H2,1-2H3,(H,25,26,27)/t12-/m0/s1. The van der Waals surface area contributed by atoms with Gasteiger partial charge in [-0.3, -0.25) is 0 Å². The number of aryl methyl sites for hydroxylation is 1. The highest BCUT2D eigenvalue weighted by Crippen LogP contribution is 2.38. The molecule has 0 spiro atoms. The minimum atomic E-state index is 0.113. The van der Waals surface area contributed by atoms with E-state index in [2.05, 4.69) is 9.88 Å². The summed E-state index contributed by atoms with van der Waals surface area (Å²) in [6.45, 7) is 3.60. The fraction of sp³-hybridized carbons (Fsp3) is 0.318. The summed E-state index contributed by atoms with van der Waals surface area (Å²) in [6, 6.07) is 7.42. The number of H-pyrrole nitrogens is 1. The molecule has 0 bridgehead atoms. The lowest BCUT2D eigenvalue weighted by atomic mass is 10.2. The highest BCUT2D eigenvalue weighted by Gasteiger charge is 2.26. The average Bonchev–Trinajstić information content (AvgIpc) is 3.37. The number of pyridine rings is 1. The van der Waals surface area contributed by atoms with E-state index in [1.807, 2.05) is 25.1 Å². The van der Waals surface area contributed by atoms with Crippen molar-refractivity contribution in [2.45, 2.75) is 35.9 Å². The maximum absolute atomic E-state index is 12.3. The molecule has 32 heavy (non-hydrogen) atoms. The number of ether oxygens (including phenoxy) is 1. The van der Waals surface area contributed by atoms with Gasteiger partial charge in [0.25, 0.3) is 0 Å². The van der Waals surface area contributed by atoms with Crippen LogP contribution in [0.15, 0.2) is 40.5 Å². The summed E-state index contributed by atoms with van der Waals surface area (Å²) in [5.74, 6) is 1.45. The van der Waals surface area contributed by atoms with Crippen molar-refractivity contribution in [2.24, 2.45) is 5.73 Å². The number of benzene rings is 1. The Hall–Kier alpha value is -2.75. The Morgan fingerprint density at radius 2 is 2.22 bits per heavy atom. The third-order valence-corrected chi connectivity index (χ3v) is 7.04. The number of nitrogens with two attached hydrogens (primary N) is 1. The third kappa shape index (κ3) is 3.60. The van der Waals surface area contributed by atoms with Crippen molar-refractivity contribution in [2.75, 3.05) is 25.1 Å². The van der Waals surface area contributed by atoms with Gasteiger partial charge >= 0.3 is 0 Å². The Labute approximate surface area is 194 Å². The van der Waals surface area contributed by atoms with Crippen molar-refractivity contribution >= 4 is 51.1 Å². The van der Waals surface area contributed by atoms with Crippen molar-refractivity contribution in [3.63, 3.8) is 0 Å². The number of aromatic nitrogens is 4. The fourth-order valence-electron chi connectivity index (χ4n) is 4.12. The molecule has 0 saturated carbocycles. The van der Waals surface area contributed by atoms with E-state index in [1.54, 1.807) is 13.2 Å². The lowest BCUT2D eigenvalue weighted by Crippen LogP contribution is -2.27. The molecule has 0 amide bonds. The minimum absolute atomic E-state index is 0.113. The second-order valence-corrected chi connectivity index (χ2v) is 9.23. The molecule has 1 aliphatic heterocycles. The number of aromatic amines is 1. The van der Waals surface area contributed by atoms with Crippen LogP contribution in [0, 0.1) is 5.21 Å². The SMILES string of the molecule is CCc1[nH]c2nc(Sc3ccc4c(OC)cc[n+]([O-])c4c3)nc(N3CC[C@H](N)C3)c2c1Cl. The van der Waals surface area contributed by atoms with Crippen LogP contribution in [0.1, 0.15) is 19.0 Å². The largest absolute Gasteiger partial charge is 0.618 e. The Morgan fingerprint density at radius 3 is 2.94 bits per heavy atom. The van der Waals surface area contributed by atoms with Crippen LogP contribution in [0.3, 0.4) is 0 Å². The van der Waals surface area contributed by atoms with Gasteiger partial charge in [-0.1, -0.05) is 18.5 Å². The molecule has 0 radical (unpaired) electrons. The van der Waals surface area contributed by atoms with Crippen LogP contribution in [0.4, 0.5) is 5.82 Å². The second kappa shape index (κ2) is 8.31. The number of halogens is 1. The molecule has 166 valence electrons. The molecule has 1 atom stereocenters. The van der Waals surface area contributed by atoms with Gasteiger partial charge in [-0.25, -0.2) is 9.97 Å². The second-order valence-electron chi connectivity index (χ2n) is 7.81. The highest BCUT2D eigenvalue weighted by atomic mass is 35.5. The average molecular weight is 471 g/mol. The quantitative estimate of drug-likeness (QED) is 0.260. The normalized spacial score (nSPS) is 16.4. The number of nitrogens with zero attached hydrogens (tertiary/aromatic N) is 4. The van der Waals surface area contributed by atoms with E-state index in [9.17, 15) is 5.21 Å². The summed E-state index contributed by atoms with van der Waals surface area (Å²) in [5.41, 5.74) is 8.33. The van der Waals surface area contributed by atoms with Crippen LogP contribution in [0.2, 0.25) is 5.02 Å². The van der Waals surface area contributed by atoms with Gasteiger partial charge in [0.1, 0.15) is 17.2 Å². The number of anilines is 1. The van der Waals surface area contributed by atoms with Gasteiger partial charge in [0, 0.05) is 41.9 Å². The predicted octanol–water partition coefficient (Wildman–Crippen LogP) is 3.66. The molecule has 4 aromatic rings. The van der Waals surface area contributed by atoms with Gasteiger partial charge in [0.15, 0.2) is 11.4 Å². The van der Waals surface area contributed by atoms with Gasteiger partial charge in [-0.2, -0.15) is 4.73 Å². The molecule has 1 fully saturated rings. The van der Waals surface area contributed by atoms with Crippen molar-refractivity contribution in [1.82, 2.24) is 15.0 Å². The van der Waals surface area contributed by atoms with E-state index in [1.165, 1.54) is 18.0 Å². The maximum atomic E-state index is 12.3. The molecule has 8 nitrogen and oxygen atoms in total. The van der Waals surface area contributed by atoms with E-state index < -0.39 is 0 Å². The van der Waals surface area contributed by atoms with Gasteiger partial charge < -0.3 is 25.6 Å². The summed E-state index contributed by atoms with van der Waals surface area (Å²) in [6.07, 6.45) is 3.12. The van der Waals surface area contributed by atoms with Crippen LogP contribution in [-0.2, 0) is 6.42 Å². The lowest BCUT2D eigenvalue weighted by Gasteiger charge is -2.18. The summed E-state index contributed by atoms with van der Waals surface area (Å²) in [7, 11) is 1.59. The van der Waals surface area contributed by atoms with Crippen LogP contribution in [0.5, 0.6) is 5.75 Å². The Morgan fingerprint density at radius 1 is 1.38 bits per heavy atom. The highest BCUT2D eigenvalue weighted by molar-refractivity contribution is 7.99. The molecule has 1 saturated heterocycles. The maximum Gasteiger partial charge on any atom is 0.228 e. The first kappa shape index (κ1) is 21.1. The minimum Gasteiger partial charge on any atom is -0.618 e. The van der Waals surface area contributed by atoms with E-state index in [-0.39, 0.29) is 6.04 Å². The zero-order valence-corrected chi connectivity index (χ0v) is 19.3. The van der Waals surface area contributed by atoms with Crippen molar-refractivity contribution in [3.8, 4) is 5.75 Å². The Kier molecular flexibility index (Phi) is 5.48. The fourth-order valence-corrected chi connectivity index (χ4v) is 5.26. The van der Waals surface area contributed by atoms with Crippen molar-refractivity contribution in [3.05, 3.63) is 46.4 Å². The van der Waals surface area contributed by atoms with Crippen molar-refractivity contribution in [1.29, 1.82) is 0 Å². The van der Waals surface area contributed by atoms with Crippen LogP contribution in [0.25, 0.3) is 21.9 Å².